The topological polar surface area (TPSA) is 40.6 Å². The molecule has 0 atom stereocenters. The number of hydrogen-bond donors (Lipinski definition) is 0. The van der Waals surface area contributed by atoms with Gasteiger partial charge >= 0.3 is 0 Å². The van der Waals surface area contributed by atoms with Crippen LogP contribution < -0.4 is 0 Å². The number of nitrogens with zero attached hydrogens (tertiary/aromatic N) is 2. The van der Waals surface area contributed by atoms with Crippen LogP contribution >= 0.6 is 12.2 Å². The Kier molecular flexibility index (Phi) is 5.55. The predicted molar refractivity (Wildman–Crippen MR) is 70.5 cm³/mol. The third-order valence-corrected chi connectivity index (χ3v) is 3.28. The lowest BCUT2D eigenvalue weighted by atomic mass is 10.2. The lowest BCUT2D eigenvalue weighted by Gasteiger charge is -2.35. The van der Waals surface area contributed by atoms with Gasteiger partial charge in [0.25, 0.3) is 0 Å². The Bertz CT molecular complexity index is 290. The molecule has 1 saturated heterocycles. The number of unbranched alkanes of at least 4 members (excludes halogenated alkanes) is 2. The predicted octanol–water partition coefficient (Wildman–Crippen LogP) is 1.93. The van der Waals surface area contributed by atoms with Crippen LogP contribution in [-0.2, 0) is 9.59 Å². The van der Waals surface area contributed by atoms with Gasteiger partial charge in [-0.05, 0) is 25.1 Å². The molecule has 5 heteroatoms. The van der Waals surface area contributed by atoms with E-state index in [1.54, 1.807) is 9.80 Å². The minimum atomic E-state index is -0.152. The zero-order valence-electron chi connectivity index (χ0n) is 10.6. The largest absolute Gasteiger partial charge is 0.288 e. The van der Waals surface area contributed by atoms with E-state index in [0.29, 0.717) is 18.2 Å². The molecule has 0 aromatic heterocycles. The molecule has 1 rings (SSSR count). The molecule has 17 heavy (non-hydrogen) atoms. The molecule has 0 unspecified atom stereocenters. The van der Waals surface area contributed by atoms with Crippen LogP contribution in [0.5, 0.6) is 0 Å². The second kappa shape index (κ2) is 6.69. The molecule has 0 N–H and O–H groups in total. The molecule has 2 amide bonds. The van der Waals surface area contributed by atoms with Crippen molar-refractivity contribution < 1.29 is 9.59 Å². The molecule has 0 radical (unpaired) electrons. The summed E-state index contributed by atoms with van der Waals surface area (Å²) in [5.74, 6) is -0.303. The number of carbonyl (C=O) groups excluding carboxylic acids is 2. The summed E-state index contributed by atoms with van der Waals surface area (Å²) >= 11 is 5.24. The fraction of sp³-hybridized carbons (Fsp3) is 0.750. The summed E-state index contributed by atoms with van der Waals surface area (Å²) < 4.78 is 0. The molecule has 0 saturated carbocycles. The van der Waals surface area contributed by atoms with Crippen LogP contribution in [0.1, 0.15) is 46.0 Å². The number of hydrogen-bond acceptors (Lipinski definition) is 3. The summed E-state index contributed by atoms with van der Waals surface area (Å²) in [6.45, 7) is 5.39. The standard InChI is InChI=1S/C12H20N2O2S/c1-3-5-7-13-10(15)9-11(16)14(12(13)17)8-6-4-2/h3-9H2,1-2H3. The molecule has 0 aliphatic carbocycles. The Balaban J connectivity index is 2.69. The minimum Gasteiger partial charge on any atom is -0.288 e. The van der Waals surface area contributed by atoms with Crippen LogP contribution in [-0.4, -0.2) is 39.8 Å². The maximum Gasteiger partial charge on any atom is 0.238 e. The summed E-state index contributed by atoms with van der Waals surface area (Å²) in [6.07, 6.45) is 3.82. The van der Waals surface area contributed by atoms with Gasteiger partial charge in [0, 0.05) is 13.1 Å². The third-order valence-electron chi connectivity index (χ3n) is 2.84. The first-order chi connectivity index (χ1) is 8.11. The molecule has 1 aliphatic rings. The molecular weight excluding hydrogens is 236 g/mol. The van der Waals surface area contributed by atoms with Crippen molar-refractivity contribution in [1.29, 1.82) is 0 Å². The zero-order valence-corrected chi connectivity index (χ0v) is 11.4. The van der Waals surface area contributed by atoms with E-state index in [-0.39, 0.29) is 18.2 Å². The van der Waals surface area contributed by atoms with E-state index in [9.17, 15) is 9.59 Å². The van der Waals surface area contributed by atoms with Gasteiger partial charge in [0.1, 0.15) is 6.42 Å². The van der Waals surface area contributed by atoms with Crippen molar-refractivity contribution >= 4 is 29.1 Å². The molecular formula is C12H20N2O2S. The highest BCUT2D eigenvalue weighted by Crippen LogP contribution is 2.14. The lowest BCUT2D eigenvalue weighted by Crippen LogP contribution is -2.55. The van der Waals surface area contributed by atoms with Gasteiger partial charge in [-0.3, -0.25) is 19.4 Å². The molecule has 4 nitrogen and oxygen atoms in total. The van der Waals surface area contributed by atoms with Gasteiger partial charge in [-0.25, -0.2) is 0 Å². The van der Waals surface area contributed by atoms with E-state index in [2.05, 4.69) is 13.8 Å². The van der Waals surface area contributed by atoms with Crippen molar-refractivity contribution in [2.75, 3.05) is 13.1 Å². The molecule has 1 heterocycles. The average molecular weight is 256 g/mol. The van der Waals surface area contributed by atoms with Gasteiger partial charge in [-0.15, -0.1) is 0 Å². The Morgan fingerprint density at radius 1 is 1.00 bits per heavy atom. The quantitative estimate of drug-likeness (QED) is 0.538. The summed E-state index contributed by atoms with van der Waals surface area (Å²) in [7, 11) is 0. The first kappa shape index (κ1) is 14.1. The zero-order chi connectivity index (χ0) is 12.8. The van der Waals surface area contributed by atoms with Crippen LogP contribution in [0.25, 0.3) is 0 Å². The van der Waals surface area contributed by atoms with Crippen LogP contribution in [0.15, 0.2) is 0 Å². The molecule has 0 spiro atoms. The van der Waals surface area contributed by atoms with Crippen molar-refractivity contribution in [3.05, 3.63) is 0 Å². The lowest BCUT2D eigenvalue weighted by molar-refractivity contribution is -0.140. The first-order valence-electron chi connectivity index (χ1n) is 6.26. The van der Waals surface area contributed by atoms with Gasteiger partial charge < -0.3 is 0 Å². The number of amides is 2. The molecule has 0 aromatic carbocycles. The Hall–Kier alpha value is -0.970. The van der Waals surface area contributed by atoms with Crippen LogP contribution in [0.3, 0.4) is 0 Å². The van der Waals surface area contributed by atoms with E-state index in [0.717, 1.165) is 25.7 Å². The van der Waals surface area contributed by atoms with Crippen LogP contribution in [0.2, 0.25) is 0 Å². The van der Waals surface area contributed by atoms with Crippen molar-refractivity contribution in [3.8, 4) is 0 Å². The third kappa shape index (κ3) is 3.49. The van der Waals surface area contributed by atoms with E-state index >= 15 is 0 Å². The van der Waals surface area contributed by atoms with Crippen molar-refractivity contribution in [2.24, 2.45) is 0 Å². The molecule has 0 bridgehead atoms. The van der Waals surface area contributed by atoms with Crippen LogP contribution in [0, 0.1) is 0 Å². The summed E-state index contributed by atoms with van der Waals surface area (Å²) in [4.78, 5) is 26.6. The maximum absolute atomic E-state index is 11.7. The number of carbonyl (C=O) groups is 2. The summed E-state index contributed by atoms with van der Waals surface area (Å²) in [5.41, 5.74) is 0. The van der Waals surface area contributed by atoms with Gasteiger partial charge in [-0.1, -0.05) is 26.7 Å². The Morgan fingerprint density at radius 2 is 1.41 bits per heavy atom. The van der Waals surface area contributed by atoms with Gasteiger partial charge in [-0.2, -0.15) is 0 Å². The molecule has 1 aliphatic heterocycles. The maximum atomic E-state index is 11.7. The normalized spacial score (nSPS) is 16.9. The van der Waals surface area contributed by atoms with Gasteiger partial charge in [0.15, 0.2) is 5.11 Å². The van der Waals surface area contributed by atoms with E-state index in [1.807, 2.05) is 0 Å². The first-order valence-corrected chi connectivity index (χ1v) is 6.67. The smallest absolute Gasteiger partial charge is 0.238 e. The highest BCUT2D eigenvalue weighted by atomic mass is 32.1. The second-order valence-corrected chi connectivity index (χ2v) is 4.62. The van der Waals surface area contributed by atoms with Crippen LogP contribution in [0.4, 0.5) is 0 Å². The van der Waals surface area contributed by atoms with E-state index < -0.39 is 0 Å². The Morgan fingerprint density at radius 3 is 1.76 bits per heavy atom. The van der Waals surface area contributed by atoms with Crippen molar-refractivity contribution in [3.63, 3.8) is 0 Å². The number of rotatable bonds is 6. The number of thiocarbonyl (C=S) groups is 1. The highest BCUT2D eigenvalue weighted by Gasteiger charge is 2.33. The van der Waals surface area contributed by atoms with Gasteiger partial charge in [0.05, 0.1) is 0 Å². The second-order valence-electron chi connectivity index (χ2n) is 4.26. The summed E-state index contributed by atoms with van der Waals surface area (Å²) in [5, 5.41) is 0.396. The van der Waals surface area contributed by atoms with Crippen molar-refractivity contribution in [1.82, 2.24) is 9.80 Å². The molecule has 1 fully saturated rings. The highest BCUT2D eigenvalue weighted by molar-refractivity contribution is 7.80. The Labute approximate surface area is 108 Å². The van der Waals surface area contributed by atoms with Gasteiger partial charge in [0.2, 0.25) is 11.8 Å². The fourth-order valence-corrected chi connectivity index (χ4v) is 2.14. The fourth-order valence-electron chi connectivity index (χ4n) is 1.75. The molecule has 0 aromatic rings. The average Bonchev–Trinajstić information content (AvgIpc) is 2.28. The SMILES string of the molecule is CCCCN1C(=O)CC(=O)N(CCCC)C1=S. The monoisotopic (exact) mass is 256 g/mol. The van der Waals surface area contributed by atoms with Crippen molar-refractivity contribution in [2.45, 2.75) is 46.0 Å². The van der Waals surface area contributed by atoms with E-state index in [1.165, 1.54) is 0 Å². The van der Waals surface area contributed by atoms with E-state index in [4.69, 9.17) is 12.2 Å². The minimum absolute atomic E-state index is 0.0342. The molecule has 96 valence electrons. The summed E-state index contributed by atoms with van der Waals surface area (Å²) in [6, 6.07) is 0.